The molecule has 1 amide bonds. The van der Waals surface area contributed by atoms with Crippen LogP contribution in [0.3, 0.4) is 0 Å². The third-order valence-corrected chi connectivity index (χ3v) is 2.78. The summed E-state index contributed by atoms with van der Waals surface area (Å²) in [6.07, 6.45) is 0. The quantitative estimate of drug-likeness (QED) is 0.675. The lowest BCUT2D eigenvalue weighted by Crippen LogP contribution is -2.36. The van der Waals surface area contributed by atoms with E-state index >= 15 is 0 Å². The van der Waals surface area contributed by atoms with Gasteiger partial charge in [-0.25, -0.2) is 0 Å². The zero-order chi connectivity index (χ0) is 10.3. The molecule has 1 aliphatic heterocycles. The molecule has 1 N–H and O–H groups in total. The number of hydrogen-bond donors (Lipinski definition) is 1. The Labute approximate surface area is 83.7 Å². The van der Waals surface area contributed by atoms with E-state index in [2.05, 4.69) is 31.3 Å². The average molecular weight is 190 g/mol. The average Bonchev–Trinajstić information content (AvgIpc) is 2.15. The van der Waals surface area contributed by atoms with Gasteiger partial charge in [-0.15, -0.1) is 0 Å². The summed E-state index contributed by atoms with van der Waals surface area (Å²) >= 11 is 0. The molecule has 0 saturated carbocycles. The monoisotopic (exact) mass is 190 g/mol. The normalized spacial score (nSPS) is 15.1. The third-order valence-electron chi connectivity index (χ3n) is 2.78. The summed E-state index contributed by atoms with van der Waals surface area (Å²) in [4.78, 5) is 13.1. The smallest absolute Gasteiger partial charge is 0.246 e. The summed E-state index contributed by atoms with van der Waals surface area (Å²) in [7, 11) is 1.82. The van der Waals surface area contributed by atoms with Gasteiger partial charge in [0.1, 0.15) is 0 Å². The van der Waals surface area contributed by atoms with Gasteiger partial charge in [0.25, 0.3) is 0 Å². The Kier molecular flexibility index (Phi) is 1.95. The van der Waals surface area contributed by atoms with Crippen molar-refractivity contribution in [1.29, 1.82) is 0 Å². The summed E-state index contributed by atoms with van der Waals surface area (Å²) in [5.74, 6) is 0.112. The van der Waals surface area contributed by atoms with Gasteiger partial charge in [0, 0.05) is 7.05 Å². The fourth-order valence-corrected chi connectivity index (χ4v) is 1.64. The van der Waals surface area contributed by atoms with E-state index in [0.717, 1.165) is 11.4 Å². The van der Waals surface area contributed by atoms with Crippen LogP contribution in [0.4, 0.5) is 11.4 Å². The number of carbonyl (C=O) groups is 1. The highest BCUT2D eigenvalue weighted by Crippen LogP contribution is 2.31. The van der Waals surface area contributed by atoms with Crippen LogP contribution in [0.15, 0.2) is 12.1 Å². The number of anilines is 2. The van der Waals surface area contributed by atoms with Gasteiger partial charge < -0.3 is 10.2 Å². The summed E-state index contributed by atoms with van der Waals surface area (Å²) in [6, 6.07) is 4.14. The number of benzene rings is 1. The Morgan fingerprint density at radius 1 is 1.29 bits per heavy atom. The van der Waals surface area contributed by atoms with E-state index in [1.807, 2.05) is 7.05 Å². The first kappa shape index (κ1) is 9.06. The zero-order valence-corrected chi connectivity index (χ0v) is 8.72. The number of aryl methyl sites for hydroxylation is 2. The largest absolute Gasteiger partial charge is 0.374 e. The van der Waals surface area contributed by atoms with Crippen molar-refractivity contribution in [1.82, 2.24) is 0 Å². The molecule has 0 aliphatic carbocycles. The van der Waals surface area contributed by atoms with E-state index in [1.165, 1.54) is 11.1 Å². The molecule has 1 heterocycles. The summed E-state index contributed by atoms with van der Waals surface area (Å²) in [5, 5.41) is 3.12. The molecule has 1 aliphatic rings. The van der Waals surface area contributed by atoms with E-state index in [1.54, 1.807) is 4.90 Å². The van der Waals surface area contributed by atoms with Crippen LogP contribution in [0, 0.1) is 13.8 Å². The van der Waals surface area contributed by atoms with Gasteiger partial charge in [-0.3, -0.25) is 4.79 Å². The van der Waals surface area contributed by atoms with Gasteiger partial charge in [0.2, 0.25) is 5.91 Å². The number of rotatable bonds is 0. The lowest BCUT2D eigenvalue weighted by molar-refractivity contribution is -0.116. The number of fused-ring (bicyclic) bond motifs is 1. The Hall–Kier alpha value is -1.51. The highest BCUT2D eigenvalue weighted by molar-refractivity contribution is 6.02. The van der Waals surface area contributed by atoms with Gasteiger partial charge in [-0.05, 0) is 37.1 Å². The number of nitrogens with one attached hydrogen (secondary N) is 1. The van der Waals surface area contributed by atoms with Crippen molar-refractivity contribution in [3.63, 3.8) is 0 Å². The molecule has 0 spiro atoms. The van der Waals surface area contributed by atoms with E-state index in [-0.39, 0.29) is 5.91 Å². The molecule has 74 valence electrons. The van der Waals surface area contributed by atoms with E-state index in [0.29, 0.717) is 6.54 Å². The highest BCUT2D eigenvalue weighted by Gasteiger charge is 2.20. The van der Waals surface area contributed by atoms with Gasteiger partial charge in [0.05, 0.1) is 17.9 Å². The molecule has 2 rings (SSSR count). The minimum Gasteiger partial charge on any atom is -0.374 e. The van der Waals surface area contributed by atoms with Crippen molar-refractivity contribution < 1.29 is 4.79 Å². The summed E-state index contributed by atoms with van der Waals surface area (Å²) in [5.41, 5.74) is 4.49. The van der Waals surface area contributed by atoms with Crippen LogP contribution >= 0.6 is 0 Å². The van der Waals surface area contributed by atoms with Crippen molar-refractivity contribution >= 4 is 17.3 Å². The molecule has 0 fully saturated rings. The molecule has 3 nitrogen and oxygen atoms in total. The van der Waals surface area contributed by atoms with Crippen LogP contribution in [-0.2, 0) is 4.79 Å². The zero-order valence-electron chi connectivity index (χ0n) is 8.72. The predicted octanol–water partition coefficient (Wildman–Crippen LogP) is 1.69. The lowest BCUT2D eigenvalue weighted by Gasteiger charge is -2.27. The lowest BCUT2D eigenvalue weighted by atomic mass is 10.1. The number of amides is 1. The van der Waals surface area contributed by atoms with E-state index in [4.69, 9.17) is 0 Å². The second-order valence-corrected chi connectivity index (χ2v) is 3.76. The van der Waals surface area contributed by atoms with Crippen LogP contribution in [0.1, 0.15) is 11.1 Å². The maximum atomic E-state index is 11.4. The minimum atomic E-state index is 0.112. The maximum Gasteiger partial charge on any atom is 0.246 e. The minimum absolute atomic E-state index is 0.112. The first-order valence-electron chi connectivity index (χ1n) is 4.71. The Morgan fingerprint density at radius 3 is 2.64 bits per heavy atom. The number of likely N-dealkylation sites (N-methyl/N-ethyl adjacent to an activating group) is 1. The van der Waals surface area contributed by atoms with E-state index < -0.39 is 0 Å². The first-order valence-corrected chi connectivity index (χ1v) is 4.71. The molecule has 3 heteroatoms. The van der Waals surface area contributed by atoms with Gasteiger partial charge in [-0.2, -0.15) is 0 Å². The molecule has 0 bridgehead atoms. The SMILES string of the molecule is Cc1cc2c(cc1C)N(C)C(=O)CN2. The van der Waals surface area contributed by atoms with Crippen molar-refractivity contribution in [2.24, 2.45) is 0 Å². The molecule has 0 atom stereocenters. The maximum absolute atomic E-state index is 11.4. The number of hydrogen-bond acceptors (Lipinski definition) is 2. The molecule has 0 radical (unpaired) electrons. The Morgan fingerprint density at radius 2 is 1.93 bits per heavy atom. The van der Waals surface area contributed by atoms with Gasteiger partial charge in [-0.1, -0.05) is 0 Å². The molecule has 0 saturated heterocycles. The van der Waals surface area contributed by atoms with E-state index in [9.17, 15) is 4.79 Å². The van der Waals surface area contributed by atoms with Gasteiger partial charge >= 0.3 is 0 Å². The topological polar surface area (TPSA) is 32.3 Å². The number of nitrogens with zero attached hydrogens (tertiary/aromatic N) is 1. The third kappa shape index (κ3) is 1.25. The summed E-state index contributed by atoms with van der Waals surface area (Å²) < 4.78 is 0. The molecule has 14 heavy (non-hydrogen) atoms. The van der Waals surface area contributed by atoms with Gasteiger partial charge in [0.15, 0.2) is 0 Å². The highest BCUT2D eigenvalue weighted by atomic mass is 16.2. The molecule has 1 aromatic carbocycles. The Balaban J connectivity index is 2.55. The van der Waals surface area contributed by atoms with Crippen LogP contribution in [0.2, 0.25) is 0 Å². The first-order chi connectivity index (χ1) is 6.59. The predicted molar refractivity (Wildman–Crippen MR) is 57.8 cm³/mol. The molecule has 0 aromatic heterocycles. The Bertz CT molecular complexity index is 399. The van der Waals surface area contributed by atoms with Crippen molar-refractivity contribution in [3.05, 3.63) is 23.3 Å². The molecule has 0 unspecified atom stereocenters. The fourth-order valence-electron chi connectivity index (χ4n) is 1.64. The van der Waals surface area contributed by atoms with Crippen molar-refractivity contribution in [2.75, 3.05) is 23.8 Å². The molecular formula is C11H14N2O. The second-order valence-electron chi connectivity index (χ2n) is 3.76. The van der Waals surface area contributed by atoms with Crippen LogP contribution < -0.4 is 10.2 Å². The van der Waals surface area contributed by atoms with Crippen molar-refractivity contribution in [3.8, 4) is 0 Å². The number of carbonyl (C=O) groups excluding carboxylic acids is 1. The fraction of sp³-hybridized carbons (Fsp3) is 0.364. The summed E-state index contributed by atoms with van der Waals surface area (Å²) in [6.45, 7) is 4.53. The standard InChI is InChI=1S/C11H14N2O/c1-7-4-9-10(5-8(7)2)13(3)11(14)6-12-9/h4-5,12H,6H2,1-3H3. The van der Waals surface area contributed by atoms with Crippen molar-refractivity contribution in [2.45, 2.75) is 13.8 Å². The van der Waals surface area contributed by atoms with Crippen LogP contribution in [-0.4, -0.2) is 19.5 Å². The molecule has 1 aromatic rings. The second kappa shape index (κ2) is 3.01. The van der Waals surface area contributed by atoms with Crippen LogP contribution in [0.25, 0.3) is 0 Å². The van der Waals surface area contributed by atoms with Crippen LogP contribution in [0.5, 0.6) is 0 Å². The molecular weight excluding hydrogens is 176 g/mol.